The first-order valence-corrected chi connectivity index (χ1v) is 11.6. The molecule has 2 unspecified atom stereocenters. The number of carbonyl (C=O) groups excluding carboxylic acids is 2. The molecule has 1 aromatic carbocycles. The number of nitrogens with one attached hydrogen (secondary N) is 2. The van der Waals surface area contributed by atoms with Crippen molar-refractivity contribution in [2.75, 3.05) is 17.3 Å². The Kier molecular flexibility index (Phi) is 8.55. The Morgan fingerprint density at radius 1 is 1.14 bits per heavy atom. The molecular weight excluding hydrogens is 416 g/mol. The number of thioether (sulfide) groups is 1. The predicted molar refractivity (Wildman–Crippen MR) is 110 cm³/mol. The topological polar surface area (TPSA) is 127 Å². The van der Waals surface area contributed by atoms with Gasteiger partial charge in [0.25, 0.3) is 5.91 Å². The summed E-state index contributed by atoms with van der Waals surface area (Å²) < 4.78 is 32.6. The number of benzene rings is 1. The summed E-state index contributed by atoms with van der Waals surface area (Å²) in [5.41, 5.74) is 0. The molecule has 2 N–H and O–H groups in total. The Hall–Kier alpha value is -2.50. The van der Waals surface area contributed by atoms with Crippen LogP contribution in [-0.2, 0) is 24.3 Å². The van der Waals surface area contributed by atoms with Crippen molar-refractivity contribution in [1.82, 2.24) is 14.7 Å². The average molecular weight is 439 g/mol. The first-order chi connectivity index (χ1) is 13.8. The van der Waals surface area contributed by atoms with Crippen LogP contribution in [0.5, 0.6) is 0 Å². The number of hydrogen-bond donors (Lipinski definition) is 2. The molecule has 2 rings (SSSR count). The fraction of sp³-hybridized carbons (Fsp3) is 0.333. The standard InChI is InChI=1S/C18H22N4O5S2/c1-13(16(23)21-18-19-10-6-11-20-18)27-17(24)15(9-12-28-2)22-29(25,26)14-7-4-3-5-8-14/h3-8,10-11,13,15,22H,9,12H2,1-2H3,(H,19,20,21,23). The third-order valence-corrected chi connectivity index (χ3v) is 5.84. The Labute approximate surface area is 173 Å². The molecule has 2 aromatic rings. The molecule has 1 amide bonds. The van der Waals surface area contributed by atoms with Crippen LogP contribution in [0.1, 0.15) is 13.3 Å². The monoisotopic (exact) mass is 438 g/mol. The zero-order valence-corrected chi connectivity index (χ0v) is 17.6. The highest BCUT2D eigenvalue weighted by Crippen LogP contribution is 2.12. The van der Waals surface area contributed by atoms with E-state index in [0.29, 0.717) is 5.75 Å². The van der Waals surface area contributed by atoms with Gasteiger partial charge in [0, 0.05) is 12.4 Å². The van der Waals surface area contributed by atoms with Gasteiger partial charge in [-0.1, -0.05) is 18.2 Å². The van der Waals surface area contributed by atoms with Gasteiger partial charge < -0.3 is 4.74 Å². The number of amides is 1. The summed E-state index contributed by atoms with van der Waals surface area (Å²) in [5, 5.41) is 2.42. The second-order valence-corrected chi connectivity index (χ2v) is 8.61. The molecule has 156 valence electrons. The Bertz CT molecular complexity index is 910. The number of anilines is 1. The van der Waals surface area contributed by atoms with Crippen molar-refractivity contribution < 1.29 is 22.7 Å². The molecule has 1 aromatic heterocycles. The molecule has 29 heavy (non-hydrogen) atoms. The first-order valence-electron chi connectivity index (χ1n) is 8.68. The fourth-order valence-electron chi connectivity index (χ4n) is 2.20. The molecule has 2 atom stereocenters. The molecule has 0 bridgehead atoms. The molecule has 11 heteroatoms. The molecule has 0 saturated carbocycles. The largest absolute Gasteiger partial charge is 0.451 e. The first kappa shape index (κ1) is 22.8. The van der Waals surface area contributed by atoms with Gasteiger partial charge in [-0.2, -0.15) is 16.5 Å². The number of aromatic nitrogens is 2. The number of nitrogens with zero attached hydrogens (tertiary/aromatic N) is 2. The third-order valence-electron chi connectivity index (χ3n) is 3.71. The Balaban J connectivity index is 2.05. The summed E-state index contributed by atoms with van der Waals surface area (Å²) in [5.74, 6) is -0.867. The van der Waals surface area contributed by atoms with Gasteiger partial charge in [-0.25, -0.2) is 18.4 Å². The van der Waals surface area contributed by atoms with Crippen LogP contribution in [-0.4, -0.2) is 54.4 Å². The van der Waals surface area contributed by atoms with Gasteiger partial charge in [-0.05, 0) is 43.6 Å². The number of rotatable bonds is 10. The molecule has 1 heterocycles. The van der Waals surface area contributed by atoms with Crippen molar-refractivity contribution in [3.63, 3.8) is 0 Å². The van der Waals surface area contributed by atoms with Gasteiger partial charge >= 0.3 is 5.97 Å². The van der Waals surface area contributed by atoms with E-state index >= 15 is 0 Å². The lowest BCUT2D eigenvalue weighted by atomic mass is 10.2. The highest BCUT2D eigenvalue weighted by molar-refractivity contribution is 7.98. The van der Waals surface area contributed by atoms with Crippen molar-refractivity contribution in [2.24, 2.45) is 0 Å². The summed E-state index contributed by atoms with van der Waals surface area (Å²) in [6.45, 7) is 1.38. The number of ether oxygens (including phenoxy) is 1. The minimum absolute atomic E-state index is 0.0361. The molecule has 0 spiro atoms. The van der Waals surface area contributed by atoms with Gasteiger partial charge in [0.15, 0.2) is 6.10 Å². The van der Waals surface area contributed by atoms with Crippen LogP contribution in [0.2, 0.25) is 0 Å². The van der Waals surface area contributed by atoms with Crippen LogP contribution in [0.15, 0.2) is 53.7 Å². The maximum absolute atomic E-state index is 12.6. The number of carbonyl (C=O) groups is 2. The van der Waals surface area contributed by atoms with E-state index in [1.807, 2.05) is 6.26 Å². The maximum atomic E-state index is 12.6. The Morgan fingerprint density at radius 3 is 2.41 bits per heavy atom. The summed E-state index contributed by atoms with van der Waals surface area (Å²) in [6, 6.07) is 8.17. The van der Waals surface area contributed by atoms with E-state index in [1.165, 1.54) is 43.2 Å². The third kappa shape index (κ3) is 7.11. The van der Waals surface area contributed by atoms with Crippen molar-refractivity contribution >= 4 is 39.6 Å². The van der Waals surface area contributed by atoms with Crippen LogP contribution in [0.3, 0.4) is 0 Å². The molecule has 0 aliphatic rings. The number of esters is 1. The Morgan fingerprint density at radius 2 is 1.79 bits per heavy atom. The second kappa shape index (κ2) is 10.9. The molecule has 0 aliphatic carbocycles. The van der Waals surface area contributed by atoms with E-state index in [-0.39, 0.29) is 17.3 Å². The second-order valence-electron chi connectivity index (χ2n) is 5.91. The lowest BCUT2D eigenvalue weighted by molar-refractivity contribution is -0.154. The molecular formula is C18H22N4O5S2. The quantitative estimate of drug-likeness (QED) is 0.534. The average Bonchev–Trinajstić information content (AvgIpc) is 2.72. The molecule has 0 saturated heterocycles. The number of hydrogen-bond acceptors (Lipinski definition) is 8. The van der Waals surface area contributed by atoms with Crippen LogP contribution in [0.25, 0.3) is 0 Å². The van der Waals surface area contributed by atoms with Gasteiger partial charge in [0.05, 0.1) is 4.90 Å². The van der Waals surface area contributed by atoms with Gasteiger partial charge in [0.1, 0.15) is 6.04 Å². The summed E-state index contributed by atoms with van der Waals surface area (Å²) in [4.78, 5) is 32.5. The van der Waals surface area contributed by atoms with Crippen molar-refractivity contribution in [2.45, 2.75) is 30.4 Å². The summed E-state index contributed by atoms with van der Waals surface area (Å²) in [7, 11) is -3.92. The zero-order valence-electron chi connectivity index (χ0n) is 15.9. The van der Waals surface area contributed by atoms with E-state index in [2.05, 4.69) is 20.0 Å². The minimum Gasteiger partial charge on any atom is -0.451 e. The van der Waals surface area contributed by atoms with E-state index < -0.39 is 34.0 Å². The lowest BCUT2D eigenvalue weighted by Crippen LogP contribution is -2.44. The van der Waals surface area contributed by atoms with Crippen LogP contribution < -0.4 is 10.0 Å². The van der Waals surface area contributed by atoms with Gasteiger partial charge in [-0.3, -0.25) is 14.9 Å². The zero-order chi connectivity index (χ0) is 21.3. The molecule has 0 fully saturated rings. The van der Waals surface area contributed by atoms with E-state index in [9.17, 15) is 18.0 Å². The summed E-state index contributed by atoms with van der Waals surface area (Å²) >= 11 is 1.46. The van der Waals surface area contributed by atoms with E-state index in [4.69, 9.17) is 4.74 Å². The van der Waals surface area contributed by atoms with Gasteiger partial charge in [0.2, 0.25) is 16.0 Å². The smallest absolute Gasteiger partial charge is 0.324 e. The van der Waals surface area contributed by atoms with E-state index in [1.54, 1.807) is 24.3 Å². The van der Waals surface area contributed by atoms with Crippen LogP contribution >= 0.6 is 11.8 Å². The molecule has 0 aliphatic heterocycles. The maximum Gasteiger partial charge on any atom is 0.324 e. The highest BCUT2D eigenvalue weighted by atomic mass is 32.2. The van der Waals surface area contributed by atoms with Crippen LogP contribution in [0.4, 0.5) is 5.95 Å². The number of sulfonamides is 1. The van der Waals surface area contributed by atoms with Gasteiger partial charge in [-0.15, -0.1) is 0 Å². The fourth-order valence-corrected chi connectivity index (χ4v) is 3.91. The van der Waals surface area contributed by atoms with E-state index in [0.717, 1.165) is 0 Å². The SMILES string of the molecule is CSCCC(NS(=O)(=O)c1ccccc1)C(=O)OC(C)C(=O)Nc1ncccn1. The molecule has 0 radical (unpaired) electrons. The minimum atomic E-state index is -3.92. The van der Waals surface area contributed by atoms with Crippen LogP contribution in [0, 0.1) is 0 Å². The molecule has 9 nitrogen and oxygen atoms in total. The van der Waals surface area contributed by atoms with Crippen molar-refractivity contribution in [3.8, 4) is 0 Å². The lowest BCUT2D eigenvalue weighted by Gasteiger charge is -2.20. The van der Waals surface area contributed by atoms with Crippen molar-refractivity contribution in [3.05, 3.63) is 48.8 Å². The summed E-state index contributed by atoms with van der Waals surface area (Å²) in [6.07, 6.45) is 3.79. The normalized spacial score (nSPS) is 13.3. The highest BCUT2D eigenvalue weighted by Gasteiger charge is 2.29. The van der Waals surface area contributed by atoms with Crippen molar-refractivity contribution in [1.29, 1.82) is 0 Å². The predicted octanol–water partition coefficient (Wildman–Crippen LogP) is 1.45.